The number of rotatable bonds is 8. The van der Waals surface area contributed by atoms with Crippen LogP contribution in [-0.4, -0.2) is 48.4 Å². The van der Waals surface area contributed by atoms with Gasteiger partial charge in [0.1, 0.15) is 18.5 Å². The van der Waals surface area contributed by atoms with E-state index in [1.807, 2.05) is 0 Å². The van der Waals surface area contributed by atoms with Crippen LogP contribution in [0.25, 0.3) is 0 Å². The zero-order valence-corrected chi connectivity index (χ0v) is 15.8. The Balaban J connectivity index is 1.48. The summed E-state index contributed by atoms with van der Waals surface area (Å²) in [5.74, 6) is 0.292. The van der Waals surface area contributed by atoms with E-state index in [2.05, 4.69) is 21.7 Å². The van der Waals surface area contributed by atoms with Crippen molar-refractivity contribution in [1.82, 2.24) is 4.90 Å². The molecular formula is C20H25NO4S. The lowest BCUT2D eigenvalue weighted by molar-refractivity contribution is 0.0525. The molecule has 1 aliphatic rings. The fourth-order valence-corrected chi connectivity index (χ4v) is 4.01. The number of thiophene rings is 1. The van der Waals surface area contributed by atoms with Crippen LogP contribution in [-0.2, 0) is 4.74 Å². The number of nitrogens with zero attached hydrogens (tertiary/aromatic N) is 1. The molecule has 2 heterocycles. The van der Waals surface area contributed by atoms with Gasteiger partial charge in [-0.2, -0.15) is 11.3 Å². The zero-order valence-electron chi connectivity index (χ0n) is 15.0. The molecule has 0 amide bonds. The predicted octanol–water partition coefficient (Wildman–Crippen LogP) is 3.50. The van der Waals surface area contributed by atoms with E-state index in [1.165, 1.54) is 5.56 Å². The number of benzene rings is 1. The average Bonchev–Trinajstić information content (AvgIpc) is 3.32. The summed E-state index contributed by atoms with van der Waals surface area (Å²) in [4.78, 5) is 14.0. The molecule has 1 saturated heterocycles. The van der Waals surface area contributed by atoms with Gasteiger partial charge in [-0.25, -0.2) is 4.79 Å². The second-order valence-electron chi connectivity index (χ2n) is 6.42. The summed E-state index contributed by atoms with van der Waals surface area (Å²) in [6.07, 6.45) is 1.74. The van der Waals surface area contributed by atoms with Crippen molar-refractivity contribution in [2.45, 2.75) is 31.9 Å². The van der Waals surface area contributed by atoms with Gasteiger partial charge in [-0.15, -0.1) is 0 Å². The standard InChI is InChI=1S/C20H25NO4S/c1-2-24-20(23)15-5-7-18(8-6-15)25-13-17(22)12-21-10-3-4-19(21)16-9-11-26-14-16/h5-9,11,14,17,19,22H,2-4,10,12-13H2,1H3. The molecule has 2 aromatic rings. The fourth-order valence-electron chi connectivity index (χ4n) is 3.30. The quantitative estimate of drug-likeness (QED) is 0.716. The monoisotopic (exact) mass is 375 g/mol. The van der Waals surface area contributed by atoms with E-state index in [0.717, 1.165) is 19.4 Å². The summed E-state index contributed by atoms with van der Waals surface area (Å²) >= 11 is 1.71. The second kappa shape index (κ2) is 9.16. The molecule has 5 nitrogen and oxygen atoms in total. The Morgan fingerprint density at radius 3 is 2.85 bits per heavy atom. The molecule has 2 unspecified atom stereocenters. The third kappa shape index (κ3) is 4.84. The van der Waals surface area contributed by atoms with E-state index in [9.17, 15) is 9.90 Å². The first-order valence-corrected chi connectivity index (χ1v) is 9.96. The van der Waals surface area contributed by atoms with Crippen molar-refractivity contribution in [2.24, 2.45) is 0 Å². The number of carbonyl (C=O) groups excluding carboxylic acids is 1. The molecule has 0 radical (unpaired) electrons. The summed E-state index contributed by atoms with van der Waals surface area (Å²) in [6.45, 7) is 3.96. The van der Waals surface area contributed by atoms with Gasteiger partial charge in [-0.3, -0.25) is 4.90 Å². The van der Waals surface area contributed by atoms with Crippen LogP contribution in [0.5, 0.6) is 5.75 Å². The molecule has 6 heteroatoms. The lowest BCUT2D eigenvalue weighted by atomic mass is 10.1. The lowest BCUT2D eigenvalue weighted by Crippen LogP contribution is -2.35. The number of esters is 1. The van der Waals surface area contributed by atoms with E-state index in [-0.39, 0.29) is 12.6 Å². The van der Waals surface area contributed by atoms with Crippen LogP contribution >= 0.6 is 11.3 Å². The van der Waals surface area contributed by atoms with Crippen molar-refractivity contribution in [2.75, 3.05) is 26.3 Å². The van der Waals surface area contributed by atoms with Crippen molar-refractivity contribution in [3.63, 3.8) is 0 Å². The van der Waals surface area contributed by atoms with E-state index in [4.69, 9.17) is 9.47 Å². The Hall–Kier alpha value is -1.89. The third-order valence-electron chi connectivity index (χ3n) is 4.54. The van der Waals surface area contributed by atoms with Crippen LogP contribution in [0.4, 0.5) is 0 Å². The molecule has 3 rings (SSSR count). The van der Waals surface area contributed by atoms with Gasteiger partial charge in [0, 0.05) is 12.6 Å². The van der Waals surface area contributed by atoms with E-state index in [0.29, 0.717) is 30.5 Å². The van der Waals surface area contributed by atoms with Gasteiger partial charge in [-0.1, -0.05) is 0 Å². The highest BCUT2D eigenvalue weighted by Gasteiger charge is 2.27. The van der Waals surface area contributed by atoms with E-state index in [1.54, 1.807) is 42.5 Å². The maximum absolute atomic E-state index is 11.6. The first kappa shape index (κ1) is 18.9. The first-order valence-electron chi connectivity index (χ1n) is 9.01. The maximum Gasteiger partial charge on any atom is 0.338 e. The summed E-state index contributed by atoms with van der Waals surface area (Å²) in [5.41, 5.74) is 1.84. The Kier molecular flexibility index (Phi) is 6.66. The van der Waals surface area contributed by atoms with Crippen LogP contribution in [0.1, 0.15) is 41.7 Å². The van der Waals surface area contributed by atoms with Gasteiger partial charge in [0.05, 0.1) is 12.2 Å². The summed E-state index contributed by atoms with van der Waals surface area (Å²) in [7, 11) is 0. The van der Waals surface area contributed by atoms with Crippen molar-refractivity contribution in [1.29, 1.82) is 0 Å². The molecule has 26 heavy (non-hydrogen) atoms. The van der Waals surface area contributed by atoms with Crippen molar-refractivity contribution in [3.05, 3.63) is 52.2 Å². The van der Waals surface area contributed by atoms with Crippen molar-refractivity contribution in [3.8, 4) is 5.75 Å². The molecule has 0 aliphatic carbocycles. The number of hydrogen-bond donors (Lipinski definition) is 1. The van der Waals surface area contributed by atoms with Crippen LogP contribution in [0.2, 0.25) is 0 Å². The highest BCUT2D eigenvalue weighted by molar-refractivity contribution is 7.07. The number of hydrogen-bond acceptors (Lipinski definition) is 6. The minimum atomic E-state index is -0.557. The molecule has 0 saturated carbocycles. The molecule has 1 N–H and O–H groups in total. The molecule has 1 aromatic heterocycles. The van der Waals surface area contributed by atoms with Gasteiger partial charge in [0.25, 0.3) is 0 Å². The third-order valence-corrected chi connectivity index (χ3v) is 5.25. The zero-order chi connectivity index (χ0) is 18.4. The largest absolute Gasteiger partial charge is 0.491 e. The lowest BCUT2D eigenvalue weighted by Gasteiger charge is -2.26. The number of aliphatic hydroxyl groups is 1. The van der Waals surface area contributed by atoms with Crippen LogP contribution in [0.15, 0.2) is 41.1 Å². The normalized spacial score (nSPS) is 18.6. The number of β-amino-alcohol motifs (C(OH)–C–C–N with tert-alkyl or cyclic N) is 1. The molecule has 2 atom stereocenters. The predicted molar refractivity (Wildman–Crippen MR) is 102 cm³/mol. The van der Waals surface area contributed by atoms with Crippen LogP contribution in [0.3, 0.4) is 0 Å². The maximum atomic E-state index is 11.6. The van der Waals surface area contributed by atoms with Gasteiger partial charge < -0.3 is 14.6 Å². The summed E-state index contributed by atoms with van der Waals surface area (Å²) in [6, 6.07) is 9.37. The Morgan fingerprint density at radius 2 is 2.15 bits per heavy atom. The number of aliphatic hydroxyl groups excluding tert-OH is 1. The SMILES string of the molecule is CCOC(=O)c1ccc(OCC(O)CN2CCCC2c2ccsc2)cc1. The van der Waals surface area contributed by atoms with Gasteiger partial charge >= 0.3 is 5.97 Å². The topological polar surface area (TPSA) is 59.0 Å². The van der Waals surface area contributed by atoms with Crippen molar-refractivity contribution < 1.29 is 19.4 Å². The van der Waals surface area contributed by atoms with Crippen LogP contribution in [0, 0.1) is 0 Å². The minimum absolute atomic E-state index is 0.228. The number of likely N-dealkylation sites (tertiary alicyclic amines) is 1. The molecule has 140 valence electrons. The van der Waals surface area contributed by atoms with E-state index < -0.39 is 6.10 Å². The van der Waals surface area contributed by atoms with Crippen molar-refractivity contribution >= 4 is 17.3 Å². The minimum Gasteiger partial charge on any atom is -0.491 e. The molecule has 1 aromatic carbocycles. The smallest absolute Gasteiger partial charge is 0.338 e. The summed E-state index contributed by atoms with van der Waals surface area (Å²) < 4.78 is 10.6. The average molecular weight is 375 g/mol. The molecule has 1 aliphatic heterocycles. The second-order valence-corrected chi connectivity index (χ2v) is 7.20. The Morgan fingerprint density at radius 1 is 1.35 bits per heavy atom. The van der Waals surface area contributed by atoms with Gasteiger partial charge in [0.15, 0.2) is 0 Å². The Labute approximate surface area is 158 Å². The number of carbonyl (C=O) groups is 1. The Bertz CT molecular complexity index is 686. The highest BCUT2D eigenvalue weighted by Crippen LogP contribution is 2.32. The van der Waals surface area contributed by atoms with Crippen LogP contribution < -0.4 is 4.74 Å². The molecular weight excluding hydrogens is 350 g/mol. The first-order chi connectivity index (χ1) is 12.7. The fraction of sp³-hybridized carbons (Fsp3) is 0.450. The molecule has 0 spiro atoms. The van der Waals surface area contributed by atoms with Gasteiger partial charge in [-0.05, 0) is 73.0 Å². The number of ether oxygens (including phenoxy) is 2. The molecule has 1 fully saturated rings. The molecule has 0 bridgehead atoms. The summed E-state index contributed by atoms with van der Waals surface area (Å²) in [5, 5.41) is 14.7. The highest BCUT2D eigenvalue weighted by atomic mass is 32.1. The van der Waals surface area contributed by atoms with Gasteiger partial charge in [0.2, 0.25) is 0 Å². The van der Waals surface area contributed by atoms with E-state index >= 15 is 0 Å².